The van der Waals surface area contributed by atoms with Crippen molar-refractivity contribution in [2.45, 2.75) is 32.8 Å². The van der Waals surface area contributed by atoms with Gasteiger partial charge in [0.1, 0.15) is 6.10 Å². The Morgan fingerprint density at radius 3 is 2.92 bits per heavy atom. The van der Waals surface area contributed by atoms with E-state index >= 15 is 0 Å². The molecule has 0 radical (unpaired) electrons. The highest BCUT2D eigenvalue weighted by atomic mass is 127. The smallest absolute Gasteiger partial charge is 0.306 e. The molecular weight excluding hydrogens is 267 g/mol. The summed E-state index contributed by atoms with van der Waals surface area (Å²) in [5.74, 6) is 0.276. The molecule has 1 aliphatic heterocycles. The first-order valence-corrected chi connectivity index (χ1v) is 5.28. The van der Waals surface area contributed by atoms with Crippen LogP contribution in [0.4, 0.5) is 0 Å². The van der Waals surface area contributed by atoms with E-state index in [-0.39, 0.29) is 12.1 Å². The summed E-state index contributed by atoms with van der Waals surface area (Å²) < 4.78 is 6.33. The molecule has 0 aliphatic carbocycles. The van der Waals surface area contributed by atoms with Crippen molar-refractivity contribution in [3.63, 3.8) is 0 Å². The Hall–Kier alpha value is -0.0600. The van der Waals surface area contributed by atoms with E-state index in [1.54, 1.807) is 0 Å². The van der Waals surface area contributed by atoms with Gasteiger partial charge in [-0.15, -0.1) is 0 Å². The number of cyclic esters (lactones) is 1. The lowest BCUT2D eigenvalue weighted by molar-refractivity contribution is -0.140. The molecule has 68 valence electrons. The van der Waals surface area contributed by atoms with Crippen LogP contribution in [-0.2, 0) is 9.53 Å². The minimum atomic E-state index is -0.0637. The molecule has 1 saturated heterocycles. The molecule has 0 aromatic rings. The highest BCUT2D eigenvalue weighted by Gasteiger charge is 2.32. The summed E-state index contributed by atoms with van der Waals surface area (Å²) in [5, 5.41) is 0. The molecule has 2 atom stereocenters. The van der Waals surface area contributed by atoms with Gasteiger partial charge >= 0.3 is 5.97 Å². The SMILES string of the molecule is CC/C=C(\I)[C@H]1OC(=O)C[C@@H]1C. The minimum absolute atomic E-state index is 0.0260. The predicted octanol–water partition coefficient (Wildman–Crippen LogP) is 2.67. The molecule has 0 aromatic carbocycles. The Bertz CT molecular complexity index is 211. The van der Waals surface area contributed by atoms with E-state index in [0.29, 0.717) is 12.3 Å². The molecule has 3 heteroatoms. The first kappa shape index (κ1) is 10.0. The van der Waals surface area contributed by atoms with Gasteiger partial charge in [0.05, 0.1) is 6.42 Å². The largest absolute Gasteiger partial charge is 0.457 e. The number of ether oxygens (including phenoxy) is 1. The summed E-state index contributed by atoms with van der Waals surface area (Å²) in [4.78, 5) is 10.9. The van der Waals surface area contributed by atoms with E-state index in [4.69, 9.17) is 4.74 Å². The van der Waals surface area contributed by atoms with Crippen molar-refractivity contribution in [3.05, 3.63) is 9.66 Å². The number of hydrogen-bond acceptors (Lipinski definition) is 2. The summed E-state index contributed by atoms with van der Waals surface area (Å²) in [6.07, 6.45) is 3.70. The molecule has 1 heterocycles. The summed E-state index contributed by atoms with van der Waals surface area (Å²) in [5.41, 5.74) is 0. The second-order valence-corrected chi connectivity index (χ2v) is 4.33. The standard InChI is InChI=1S/C9H13IO2/c1-3-4-7(10)9-6(2)5-8(11)12-9/h4,6,9H,3,5H2,1-2H3/b7-4-/t6-,9-/m0/s1. The first-order chi connectivity index (χ1) is 5.65. The highest BCUT2D eigenvalue weighted by molar-refractivity contribution is 14.1. The van der Waals surface area contributed by atoms with Gasteiger partial charge in [0.25, 0.3) is 0 Å². The van der Waals surface area contributed by atoms with Crippen molar-refractivity contribution in [3.8, 4) is 0 Å². The van der Waals surface area contributed by atoms with Crippen molar-refractivity contribution in [2.75, 3.05) is 0 Å². The maximum atomic E-state index is 10.9. The van der Waals surface area contributed by atoms with Crippen LogP contribution < -0.4 is 0 Å². The van der Waals surface area contributed by atoms with Gasteiger partial charge < -0.3 is 4.74 Å². The van der Waals surface area contributed by atoms with E-state index in [1.807, 2.05) is 0 Å². The summed E-state index contributed by atoms with van der Waals surface area (Å²) in [7, 11) is 0. The van der Waals surface area contributed by atoms with Crippen molar-refractivity contribution < 1.29 is 9.53 Å². The van der Waals surface area contributed by atoms with E-state index in [9.17, 15) is 4.79 Å². The zero-order valence-electron chi connectivity index (χ0n) is 7.34. The first-order valence-electron chi connectivity index (χ1n) is 4.20. The number of carbonyl (C=O) groups is 1. The van der Waals surface area contributed by atoms with Gasteiger partial charge in [-0.2, -0.15) is 0 Å². The van der Waals surface area contributed by atoms with Crippen LogP contribution >= 0.6 is 22.6 Å². The van der Waals surface area contributed by atoms with Crippen LogP contribution in [0.15, 0.2) is 9.66 Å². The molecule has 0 bridgehead atoms. The fourth-order valence-electron chi connectivity index (χ4n) is 1.32. The van der Waals surface area contributed by atoms with E-state index < -0.39 is 0 Å². The Morgan fingerprint density at radius 1 is 1.83 bits per heavy atom. The molecule has 1 rings (SSSR count). The van der Waals surface area contributed by atoms with Crippen LogP contribution in [0.2, 0.25) is 0 Å². The molecule has 0 unspecified atom stereocenters. The lowest BCUT2D eigenvalue weighted by Crippen LogP contribution is -2.13. The van der Waals surface area contributed by atoms with Crippen LogP contribution in [0.3, 0.4) is 0 Å². The van der Waals surface area contributed by atoms with Gasteiger partial charge in [0.15, 0.2) is 0 Å². The zero-order chi connectivity index (χ0) is 9.14. The number of hydrogen-bond donors (Lipinski definition) is 0. The Labute approximate surface area is 86.5 Å². The maximum absolute atomic E-state index is 10.9. The third-order valence-corrected chi connectivity index (χ3v) is 2.99. The fourth-order valence-corrected chi connectivity index (χ4v) is 2.50. The zero-order valence-corrected chi connectivity index (χ0v) is 9.50. The second-order valence-electron chi connectivity index (χ2n) is 3.09. The molecule has 0 saturated carbocycles. The van der Waals surface area contributed by atoms with Crippen molar-refractivity contribution in [1.29, 1.82) is 0 Å². The lowest BCUT2D eigenvalue weighted by atomic mass is 10.0. The van der Waals surface area contributed by atoms with Crippen LogP contribution in [0.25, 0.3) is 0 Å². The number of rotatable bonds is 2. The van der Waals surface area contributed by atoms with E-state index in [2.05, 4.69) is 42.5 Å². The van der Waals surface area contributed by atoms with Gasteiger partial charge in [-0.05, 0) is 29.0 Å². The topological polar surface area (TPSA) is 26.3 Å². The lowest BCUT2D eigenvalue weighted by Gasteiger charge is -2.12. The highest BCUT2D eigenvalue weighted by Crippen LogP contribution is 2.30. The number of allylic oxidation sites excluding steroid dienone is 1. The Kier molecular flexibility index (Phi) is 3.55. The Balaban J connectivity index is 2.63. The molecule has 0 spiro atoms. The number of halogens is 1. The summed E-state index contributed by atoms with van der Waals surface area (Å²) in [6.45, 7) is 4.14. The summed E-state index contributed by atoms with van der Waals surface area (Å²) >= 11 is 2.25. The summed E-state index contributed by atoms with van der Waals surface area (Å²) in [6, 6.07) is 0. The van der Waals surface area contributed by atoms with Crippen molar-refractivity contribution in [1.82, 2.24) is 0 Å². The molecular formula is C9H13IO2. The third-order valence-electron chi connectivity index (χ3n) is 1.93. The number of esters is 1. The normalized spacial score (nSPS) is 30.6. The quantitative estimate of drug-likeness (QED) is 0.574. The van der Waals surface area contributed by atoms with Gasteiger partial charge in [0.2, 0.25) is 0 Å². The average Bonchev–Trinajstić information content (AvgIpc) is 2.30. The second kappa shape index (κ2) is 4.25. The van der Waals surface area contributed by atoms with E-state index in [1.165, 1.54) is 0 Å². The molecule has 0 amide bonds. The van der Waals surface area contributed by atoms with Gasteiger partial charge in [0, 0.05) is 9.50 Å². The molecule has 0 N–H and O–H groups in total. The maximum Gasteiger partial charge on any atom is 0.306 e. The van der Waals surface area contributed by atoms with Crippen LogP contribution in [0, 0.1) is 5.92 Å². The van der Waals surface area contributed by atoms with Gasteiger partial charge in [-0.3, -0.25) is 4.79 Å². The monoisotopic (exact) mass is 280 g/mol. The van der Waals surface area contributed by atoms with Crippen molar-refractivity contribution in [2.24, 2.45) is 5.92 Å². The average molecular weight is 280 g/mol. The molecule has 12 heavy (non-hydrogen) atoms. The van der Waals surface area contributed by atoms with Gasteiger partial charge in [-0.1, -0.05) is 19.9 Å². The minimum Gasteiger partial charge on any atom is -0.457 e. The van der Waals surface area contributed by atoms with Gasteiger partial charge in [-0.25, -0.2) is 0 Å². The predicted molar refractivity (Wildman–Crippen MR) is 56.1 cm³/mol. The fraction of sp³-hybridized carbons (Fsp3) is 0.667. The van der Waals surface area contributed by atoms with E-state index in [0.717, 1.165) is 10.0 Å². The molecule has 1 fully saturated rings. The van der Waals surface area contributed by atoms with Crippen LogP contribution in [0.1, 0.15) is 26.7 Å². The number of carbonyl (C=O) groups excluding carboxylic acids is 1. The Morgan fingerprint density at radius 2 is 2.50 bits per heavy atom. The van der Waals surface area contributed by atoms with Crippen molar-refractivity contribution >= 4 is 28.6 Å². The van der Waals surface area contributed by atoms with Crippen LogP contribution in [-0.4, -0.2) is 12.1 Å². The molecule has 2 nitrogen and oxygen atoms in total. The molecule has 0 aromatic heterocycles. The molecule has 1 aliphatic rings. The third kappa shape index (κ3) is 2.21. The van der Waals surface area contributed by atoms with Crippen LogP contribution in [0.5, 0.6) is 0 Å².